The molecule has 1 N–H and O–H groups in total. The monoisotopic (exact) mass is 973 g/mol. The van der Waals surface area contributed by atoms with Gasteiger partial charge in [-0.15, -0.1) is 0 Å². The minimum atomic E-state index is -0.0267. The highest BCUT2D eigenvalue weighted by Gasteiger charge is 2.30. The SMILES string of the molecule is OCCOCCOCCOCCOCCOC1CC(OCCOCCOCCOCCOCCOCc2ccccc2)CC(OCCOCCOCCOCCOCCOCc2ccccc2)C1. The molecule has 2 aromatic carbocycles. The highest BCUT2D eigenvalue weighted by atomic mass is 16.6. The molecule has 2 aromatic rings. The molecular weight excluding hydrogens is 889 g/mol. The van der Waals surface area contributed by atoms with Gasteiger partial charge in [0.25, 0.3) is 0 Å². The van der Waals surface area contributed by atoms with Gasteiger partial charge in [-0.25, -0.2) is 0 Å². The van der Waals surface area contributed by atoms with Crippen molar-refractivity contribution in [3.8, 4) is 0 Å². The molecule has 1 saturated carbocycles. The Morgan fingerprint density at radius 2 is 0.471 bits per heavy atom. The molecule has 0 spiro atoms. The molecule has 3 rings (SSSR count). The average molecular weight is 973 g/mol. The van der Waals surface area contributed by atoms with Crippen molar-refractivity contribution >= 4 is 0 Å². The average Bonchev–Trinajstić information content (AvgIpc) is 3.36. The number of hydrogen-bond acceptors (Lipinski definition) is 18. The van der Waals surface area contributed by atoms with E-state index in [0.717, 1.165) is 30.4 Å². The highest BCUT2D eigenvalue weighted by molar-refractivity contribution is 5.14. The smallest absolute Gasteiger partial charge is 0.0718 e. The van der Waals surface area contributed by atoms with Crippen molar-refractivity contribution in [2.24, 2.45) is 0 Å². The maximum atomic E-state index is 8.72. The summed E-state index contributed by atoms with van der Waals surface area (Å²) in [5.74, 6) is 0. The van der Waals surface area contributed by atoms with Crippen LogP contribution in [0.4, 0.5) is 0 Å². The summed E-state index contributed by atoms with van der Waals surface area (Å²) in [5.41, 5.74) is 2.30. The fourth-order valence-electron chi connectivity index (χ4n) is 6.51. The lowest BCUT2D eigenvalue weighted by Gasteiger charge is -2.34. The van der Waals surface area contributed by atoms with Crippen LogP contribution >= 0.6 is 0 Å². The van der Waals surface area contributed by atoms with Gasteiger partial charge < -0.3 is 85.6 Å². The van der Waals surface area contributed by atoms with Crippen LogP contribution in [0.25, 0.3) is 0 Å². The van der Waals surface area contributed by atoms with Crippen molar-refractivity contribution in [3.05, 3.63) is 71.8 Å². The second-order valence-electron chi connectivity index (χ2n) is 15.3. The zero-order chi connectivity index (χ0) is 47.7. The van der Waals surface area contributed by atoms with Crippen molar-refractivity contribution in [2.75, 3.05) is 198 Å². The third kappa shape index (κ3) is 37.5. The van der Waals surface area contributed by atoms with Crippen LogP contribution in [0.15, 0.2) is 60.7 Å². The van der Waals surface area contributed by atoms with E-state index in [9.17, 15) is 0 Å². The van der Waals surface area contributed by atoms with E-state index in [4.69, 9.17) is 85.6 Å². The van der Waals surface area contributed by atoms with Crippen LogP contribution in [0.3, 0.4) is 0 Å². The zero-order valence-electron chi connectivity index (χ0n) is 40.6. The molecule has 2 unspecified atom stereocenters. The van der Waals surface area contributed by atoms with Crippen LogP contribution in [0, 0.1) is 0 Å². The Morgan fingerprint density at radius 3 is 0.706 bits per heavy atom. The standard InChI is InChI=1S/C50H84O18/c51-11-12-52-13-14-53-15-16-56-25-28-61-35-38-66-48-41-49(67-39-36-62-29-26-57-19-17-54-21-23-59-31-33-64-44-46-7-3-1-4-8-46)43-50(42-48)68-40-37-63-30-27-58-20-18-55-22-24-60-32-34-65-45-47-9-5-2-6-10-47/h1-10,48-51H,11-45H2. The van der Waals surface area contributed by atoms with E-state index >= 15 is 0 Å². The molecule has 1 aliphatic carbocycles. The Hall–Kier alpha value is -2.28. The van der Waals surface area contributed by atoms with E-state index in [2.05, 4.69) is 0 Å². The summed E-state index contributed by atoms with van der Waals surface area (Å²) in [7, 11) is 0. The number of rotatable bonds is 51. The van der Waals surface area contributed by atoms with Crippen LogP contribution in [0.1, 0.15) is 30.4 Å². The Labute approximate surface area is 405 Å². The van der Waals surface area contributed by atoms with E-state index in [1.165, 1.54) is 0 Å². The van der Waals surface area contributed by atoms with Crippen LogP contribution in [-0.2, 0) is 93.7 Å². The van der Waals surface area contributed by atoms with Gasteiger partial charge >= 0.3 is 0 Å². The largest absolute Gasteiger partial charge is 0.394 e. The maximum Gasteiger partial charge on any atom is 0.0718 e. The van der Waals surface area contributed by atoms with Crippen LogP contribution in [-0.4, -0.2) is 222 Å². The molecule has 68 heavy (non-hydrogen) atoms. The van der Waals surface area contributed by atoms with E-state index in [1.54, 1.807) is 0 Å². The van der Waals surface area contributed by atoms with Crippen molar-refractivity contribution < 1.29 is 85.6 Å². The van der Waals surface area contributed by atoms with Crippen LogP contribution in [0.2, 0.25) is 0 Å². The highest BCUT2D eigenvalue weighted by Crippen LogP contribution is 2.26. The third-order valence-corrected chi connectivity index (χ3v) is 9.87. The first-order chi connectivity index (χ1) is 33.8. The summed E-state index contributed by atoms with van der Waals surface area (Å²) in [6.45, 7) is 15.1. The van der Waals surface area contributed by atoms with Crippen molar-refractivity contribution in [1.82, 2.24) is 0 Å². The van der Waals surface area contributed by atoms with E-state index in [1.807, 2.05) is 60.7 Å². The fraction of sp³-hybridized carbons (Fsp3) is 0.760. The van der Waals surface area contributed by atoms with Gasteiger partial charge in [-0.3, -0.25) is 0 Å². The quantitative estimate of drug-likeness (QED) is 0.0943. The van der Waals surface area contributed by atoms with Gasteiger partial charge in [0.15, 0.2) is 0 Å². The number of aliphatic hydroxyl groups is 1. The van der Waals surface area contributed by atoms with Gasteiger partial charge in [-0.1, -0.05) is 60.7 Å². The van der Waals surface area contributed by atoms with E-state index in [0.29, 0.717) is 205 Å². The third-order valence-electron chi connectivity index (χ3n) is 9.87. The van der Waals surface area contributed by atoms with Gasteiger partial charge in [0.05, 0.1) is 230 Å². The molecular formula is C50H84O18. The zero-order valence-corrected chi connectivity index (χ0v) is 40.6. The number of benzene rings is 2. The molecule has 392 valence electrons. The predicted octanol–water partition coefficient (Wildman–Crippen LogP) is 3.95. The molecule has 18 heteroatoms. The van der Waals surface area contributed by atoms with Crippen LogP contribution < -0.4 is 0 Å². The number of ether oxygens (including phenoxy) is 17. The number of hydrogen-bond donors (Lipinski definition) is 1. The van der Waals surface area contributed by atoms with Crippen molar-refractivity contribution in [3.63, 3.8) is 0 Å². The summed E-state index contributed by atoms with van der Waals surface area (Å²) in [6.07, 6.45) is 2.21. The van der Waals surface area contributed by atoms with Gasteiger partial charge in [-0.05, 0) is 30.4 Å². The minimum Gasteiger partial charge on any atom is -0.394 e. The van der Waals surface area contributed by atoms with Crippen LogP contribution in [0.5, 0.6) is 0 Å². The fourth-order valence-corrected chi connectivity index (χ4v) is 6.51. The molecule has 0 aromatic heterocycles. The molecule has 0 heterocycles. The molecule has 18 nitrogen and oxygen atoms in total. The summed E-state index contributed by atoms with van der Waals surface area (Å²) < 4.78 is 96.8. The van der Waals surface area contributed by atoms with E-state index < -0.39 is 0 Å². The minimum absolute atomic E-state index is 0.00920. The van der Waals surface area contributed by atoms with E-state index in [-0.39, 0.29) is 24.9 Å². The predicted molar refractivity (Wildman–Crippen MR) is 252 cm³/mol. The van der Waals surface area contributed by atoms with Gasteiger partial charge in [0.1, 0.15) is 0 Å². The summed E-state index contributed by atoms with van der Waals surface area (Å²) >= 11 is 0. The molecule has 0 aliphatic heterocycles. The number of aliphatic hydroxyl groups excluding tert-OH is 1. The summed E-state index contributed by atoms with van der Waals surface area (Å²) in [6, 6.07) is 20.2. The molecule has 2 atom stereocenters. The molecule has 0 amide bonds. The first kappa shape index (κ1) is 60.0. The molecule has 0 saturated heterocycles. The van der Waals surface area contributed by atoms with Crippen molar-refractivity contribution in [2.45, 2.75) is 50.8 Å². The topological polar surface area (TPSA) is 177 Å². The molecule has 0 radical (unpaired) electrons. The first-order valence-corrected chi connectivity index (χ1v) is 24.5. The second kappa shape index (κ2) is 47.1. The van der Waals surface area contributed by atoms with Crippen molar-refractivity contribution in [1.29, 1.82) is 0 Å². The van der Waals surface area contributed by atoms with Gasteiger partial charge in [0, 0.05) is 0 Å². The summed E-state index contributed by atoms with van der Waals surface area (Å²) in [5, 5.41) is 8.72. The molecule has 1 aliphatic rings. The molecule has 0 bridgehead atoms. The Balaban J connectivity index is 1.15. The van der Waals surface area contributed by atoms with Gasteiger partial charge in [0.2, 0.25) is 0 Å². The lowest BCUT2D eigenvalue weighted by molar-refractivity contribution is -0.118. The second-order valence-corrected chi connectivity index (χ2v) is 15.3. The Morgan fingerprint density at radius 1 is 0.265 bits per heavy atom. The lowest BCUT2D eigenvalue weighted by atomic mass is 9.92. The lowest BCUT2D eigenvalue weighted by Crippen LogP contribution is -2.38. The summed E-state index contributed by atoms with van der Waals surface area (Å²) in [4.78, 5) is 0. The van der Waals surface area contributed by atoms with Gasteiger partial charge in [-0.2, -0.15) is 0 Å². The first-order valence-electron chi connectivity index (χ1n) is 24.5. The normalized spacial score (nSPS) is 16.2. The molecule has 1 fully saturated rings. The Bertz CT molecular complexity index is 1220. The Kier molecular flexibility index (Phi) is 41.5. The maximum absolute atomic E-state index is 8.72.